The maximum Gasteiger partial charge on any atom is 0.272 e. The van der Waals surface area contributed by atoms with Gasteiger partial charge in [-0.1, -0.05) is 70.0 Å². The Hall–Kier alpha value is -4.47. The third-order valence-corrected chi connectivity index (χ3v) is 8.15. The Morgan fingerprint density at radius 3 is 2.38 bits per heavy atom. The van der Waals surface area contributed by atoms with Crippen LogP contribution in [0.25, 0.3) is 6.08 Å². The van der Waals surface area contributed by atoms with Crippen LogP contribution in [-0.4, -0.2) is 28.9 Å². The molecule has 7 nitrogen and oxygen atoms in total. The van der Waals surface area contributed by atoms with Gasteiger partial charge in [-0.05, 0) is 73.2 Å². The van der Waals surface area contributed by atoms with Gasteiger partial charge in [0.25, 0.3) is 11.8 Å². The summed E-state index contributed by atoms with van der Waals surface area (Å²) in [7, 11) is 0. The fraction of sp³-hybridized carbons (Fsp3) is 0.0909. The van der Waals surface area contributed by atoms with Crippen molar-refractivity contribution < 1.29 is 19.2 Å². The van der Waals surface area contributed by atoms with Crippen molar-refractivity contribution in [1.29, 1.82) is 0 Å². The lowest BCUT2D eigenvalue weighted by Crippen LogP contribution is -2.31. The molecule has 210 valence electrons. The van der Waals surface area contributed by atoms with E-state index < -0.39 is 17.1 Å². The minimum Gasteiger partial charge on any atom is -0.321 e. The van der Waals surface area contributed by atoms with Crippen LogP contribution < -0.4 is 15.5 Å². The number of rotatable bonds is 8. The molecule has 4 aromatic rings. The van der Waals surface area contributed by atoms with E-state index in [4.69, 9.17) is 0 Å². The minimum absolute atomic E-state index is 0.0745. The Morgan fingerprint density at radius 1 is 0.905 bits per heavy atom. The molecule has 1 saturated heterocycles. The lowest BCUT2D eigenvalue weighted by Gasteiger charge is -2.15. The molecular formula is C33H26BrN3O4S. The molecule has 0 saturated carbocycles. The fourth-order valence-electron chi connectivity index (χ4n) is 4.44. The number of aryl methyl sites for hydroxylation is 1. The van der Waals surface area contributed by atoms with E-state index in [9.17, 15) is 19.2 Å². The highest BCUT2D eigenvalue weighted by molar-refractivity contribution is 9.10. The van der Waals surface area contributed by atoms with Crippen molar-refractivity contribution in [1.82, 2.24) is 5.32 Å². The van der Waals surface area contributed by atoms with Crippen molar-refractivity contribution in [2.75, 3.05) is 10.2 Å². The van der Waals surface area contributed by atoms with Gasteiger partial charge in [-0.25, -0.2) is 4.90 Å². The zero-order valence-corrected chi connectivity index (χ0v) is 24.9. The molecule has 1 aliphatic rings. The molecular weight excluding hydrogens is 614 g/mol. The molecule has 1 atom stereocenters. The molecule has 1 heterocycles. The molecule has 4 aromatic carbocycles. The number of thioether (sulfide) groups is 1. The minimum atomic E-state index is -0.589. The summed E-state index contributed by atoms with van der Waals surface area (Å²) in [5.41, 5.74) is 3.29. The normalized spacial score (nSPS) is 15.0. The maximum atomic E-state index is 13.4. The molecule has 0 spiro atoms. The highest BCUT2D eigenvalue weighted by Gasteiger charge is 2.40. The summed E-state index contributed by atoms with van der Waals surface area (Å²) in [4.78, 5) is 54.1. The quantitative estimate of drug-likeness (QED) is 0.167. The van der Waals surface area contributed by atoms with Gasteiger partial charge in [0.2, 0.25) is 11.8 Å². The van der Waals surface area contributed by atoms with E-state index in [1.165, 1.54) is 16.7 Å². The number of hydrogen-bond acceptors (Lipinski definition) is 5. The average Bonchev–Trinajstić information content (AvgIpc) is 3.25. The second-order valence-electron chi connectivity index (χ2n) is 9.63. The maximum absolute atomic E-state index is 13.4. The molecule has 9 heteroatoms. The highest BCUT2D eigenvalue weighted by atomic mass is 79.9. The van der Waals surface area contributed by atoms with Gasteiger partial charge in [-0.15, -0.1) is 11.8 Å². The molecule has 42 heavy (non-hydrogen) atoms. The number of imide groups is 1. The van der Waals surface area contributed by atoms with Crippen molar-refractivity contribution in [3.8, 4) is 0 Å². The Kier molecular flexibility index (Phi) is 9.00. The lowest BCUT2D eigenvalue weighted by molar-refractivity contribution is -0.121. The number of nitrogens with zero attached hydrogens (tertiary/aromatic N) is 1. The summed E-state index contributed by atoms with van der Waals surface area (Å²) in [5.74, 6) is -1.46. The molecule has 0 bridgehead atoms. The second-order valence-corrected chi connectivity index (χ2v) is 11.8. The van der Waals surface area contributed by atoms with Crippen molar-refractivity contribution in [2.24, 2.45) is 0 Å². The van der Waals surface area contributed by atoms with Gasteiger partial charge in [0.15, 0.2) is 0 Å². The first-order chi connectivity index (χ1) is 20.3. The van der Waals surface area contributed by atoms with Crippen LogP contribution in [0.15, 0.2) is 118 Å². The van der Waals surface area contributed by atoms with Gasteiger partial charge < -0.3 is 10.6 Å². The molecule has 5 rings (SSSR count). The first-order valence-electron chi connectivity index (χ1n) is 13.1. The number of nitrogens with one attached hydrogen (secondary N) is 2. The summed E-state index contributed by atoms with van der Waals surface area (Å²) in [6, 6.07) is 30.3. The number of carbonyl (C=O) groups excluding carboxylic acids is 4. The van der Waals surface area contributed by atoms with Gasteiger partial charge in [-0.2, -0.15) is 0 Å². The van der Waals surface area contributed by atoms with Gasteiger partial charge in [0, 0.05) is 27.0 Å². The van der Waals surface area contributed by atoms with Crippen LogP contribution in [0, 0.1) is 6.92 Å². The molecule has 1 unspecified atom stereocenters. The summed E-state index contributed by atoms with van der Waals surface area (Å²) in [6.07, 6.45) is 1.70. The first-order valence-corrected chi connectivity index (χ1v) is 14.8. The molecule has 2 N–H and O–H groups in total. The summed E-state index contributed by atoms with van der Waals surface area (Å²) in [6.45, 7) is 1.95. The summed E-state index contributed by atoms with van der Waals surface area (Å²) < 4.78 is 0.853. The molecule has 1 fully saturated rings. The Labute approximate surface area is 256 Å². The Bertz CT molecular complexity index is 1690. The summed E-state index contributed by atoms with van der Waals surface area (Å²) in [5, 5.41) is 5.01. The first kappa shape index (κ1) is 29.0. The average molecular weight is 641 g/mol. The van der Waals surface area contributed by atoms with Crippen molar-refractivity contribution in [2.45, 2.75) is 23.5 Å². The third-order valence-electron chi connectivity index (χ3n) is 6.44. The molecule has 0 radical (unpaired) electrons. The van der Waals surface area contributed by atoms with Crippen LogP contribution in [0.5, 0.6) is 0 Å². The van der Waals surface area contributed by atoms with Gasteiger partial charge >= 0.3 is 0 Å². The van der Waals surface area contributed by atoms with Crippen LogP contribution >= 0.6 is 27.7 Å². The number of benzene rings is 4. The van der Waals surface area contributed by atoms with E-state index in [0.29, 0.717) is 21.8 Å². The van der Waals surface area contributed by atoms with Crippen LogP contribution in [0.3, 0.4) is 0 Å². The van der Waals surface area contributed by atoms with Gasteiger partial charge in [-0.3, -0.25) is 19.2 Å². The lowest BCUT2D eigenvalue weighted by atomic mass is 10.1. The second kappa shape index (κ2) is 13.0. The number of amides is 4. The van der Waals surface area contributed by atoms with Crippen LogP contribution in [-0.2, 0) is 14.4 Å². The largest absolute Gasteiger partial charge is 0.321 e. The van der Waals surface area contributed by atoms with Gasteiger partial charge in [0.05, 0.1) is 10.9 Å². The van der Waals surface area contributed by atoms with Crippen molar-refractivity contribution in [3.05, 3.63) is 130 Å². The molecule has 0 aromatic heterocycles. The number of halogens is 1. The smallest absolute Gasteiger partial charge is 0.272 e. The van der Waals surface area contributed by atoms with Crippen molar-refractivity contribution in [3.63, 3.8) is 0 Å². The Balaban J connectivity index is 1.32. The zero-order chi connectivity index (χ0) is 29.6. The van der Waals surface area contributed by atoms with E-state index in [1.807, 2.05) is 43.3 Å². The van der Waals surface area contributed by atoms with E-state index in [0.717, 1.165) is 15.6 Å². The highest BCUT2D eigenvalue weighted by Crippen LogP contribution is 2.35. The van der Waals surface area contributed by atoms with Crippen LogP contribution in [0.2, 0.25) is 0 Å². The molecule has 4 amide bonds. The topological polar surface area (TPSA) is 95.6 Å². The number of carbonyl (C=O) groups is 4. The fourth-order valence-corrected chi connectivity index (χ4v) is 5.81. The SMILES string of the molecule is Cc1cccc(/C=C(\NC(=O)c2ccccc2)C(=O)Nc2cccc(SC3CC(=O)N(c4ccc(Br)cc4)C3=O)c2)c1. The van der Waals surface area contributed by atoms with Gasteiger partial charge in [0.1, 0.15) is 5.70 Å². The Morgan fingerprint density at radius 2 is 1.64 bits per heavy atom. The summed E-state index contributed by atoms with van der Waals surface area (Å²) >= 11 is 4.64. The van der Waals surface area contributed by atoms with Crippen LogP contribution in [0.4, 0.5) is 11.4 Å². The number of hydrogen-bond donors (Lipinski definition) is 2. The van der Waals surface area contributed by atoms with Crippen LogP contribution in [0.1, 0.15) is 27.9 Å². The van der Waals surface area contributed by atoms with E-state index >= 15 is 0 Å². The standard InChI is InChI=1S/C33H26BrN3O4S/c1-21-7-5-8-22(17-21)18-28(36-31(39)23-9-3-2-4-10-23)32(40)35-25-11-6-12-27(19-25)42-29-20-30(38)37(33(29)41)26-15-13-24(34)14-16-26/h2-19,29H,20H2,1H3,(H,35,40)(H,36,39)/b28-18-. The zero-order valence-electron chi connectivity index (χ0n) is 22.5. The number of anilines is 2. The third kappa shape index (κ3) is 7.05. The predicted molar refractivity (Wildman–Crippen MR) is 169 cm³/mol. The van der Waals surface area contributed by atoms with E-state index in [2.05, 4.69) is 26.6 Å². The van der Waals surface area contributed by atoms with Crippen molar-refractivity contribution >= 4 is 68.8 Å². The monoisotopic (exact) mass is 639 g/mol. The predicted octanol–water partition coefficient (Wildman–Crippen LogP) is 6.59. The molecule has 0 aliphatic carbocycles. The molecule has 1 aliphatic heterocycles. The van der Waals surface area contributed by atoms with E-state index in [-0.39, 0.29) is 23.9 Å². The van der Waals surface area contributed by atoms with E-state index in [1.54, 1.807) is 72.8 Å².